The van der Waals surface area contributed by atoms with Gasteiger partial charge in [-0.2, -0.15) is 0 Å². The molecule has 0 radical (unpaired) electrons. The van der Waals surface area contributed by atoms with Crippen LogP contribution in [-0.4, -0.2) is 15.0 Å². The quantitative estimate of drug-likeness (QED) is 0.853. The number of nitrogens with two attached hydrogens (primary N) is 1. The molecule has 4 nitrogen and oxygen atoms in total. The van der Waals surface area contributed by atoms with Crippen molar-refractivity contribution in [3.63, 3.8) is 0 Å². The van der Waals surface area contributed by atoms with Crippen LogP contribution in [0.3, 0.4) is 0 Å². The van der Waals surface area contributed by atoms with E-state index in [0.717, 1.165) is 22.5 Å². The molecule has 0 unspecified atom stereocenters. The number of nitrogen functional groups attached to an aromatic ring is 1. The molecule has 86 valence electrons. The van der Waals surface area contributed by atoms with E-state index in [9.17, 15) is 0 Å². The van der Waals surface area contributed by atoms with Crippen molar-refractivity contribution in [2.24, 2.45) is 0 Å². The summed E-state index contributed by atoms with van der Waals surface area (Å²) in [6, 6.07) is 3.97. The summed E-state index contributed by atoms with van der Waals surface area (Å²) >= 11 is 0. The highest BCUT2D eigenvalue weighted by atomic mass is 15.0. The zero-order valence-electron chi connectivity index (χ0n) is 9.72. The maximum absolute atomic E-state index is 5.73. The second-order valence-corrected chi connectivity index (χ2v) is 4.44. The molecule has 0 aromatic carbocycles. The van der Waals surface area contributed by atoms with Crippen LogP contribution >= 0.6 is 0 Å². The molecule has 0 bridgehead atoms. The Morgan fingerprint density at radius 1 is 1.29 bits per heavy atom. The van der Waals surface area contributed by atoms with Crippen molar-refractivity contribution in [2.45, 2.75) is 25.7 Å². The van der Waals surface area contributed by atoms with Crippen LogP contribution in [0.5, 0.6) is 0 Å². The van der Waals surface area contributed by atoms with Crippen molar-refractivity contribution in [1.82, 2.24) is 15.0 Å². The van der Waals surface area contributed by atoms with E-state index < -0.39 is 0 Å². The van der Waals surface area contributed by atoms with Crippen LogP contribution in [0.4, 0.5) is 5.95 Å². The maximum Gasteiger partial charge on any atom is 0.220 e. The number of anilines is 1. The van der Waals surface area contributed by atoms with Crippen LogP contribution in [0.1, 0.15) is 30.1 Å². The second kappa shape index (κ2) is 3.80. The Kier molecular flexibility index (Phi) is 2.28. The fourth-order valence-electron chi connectivity index (χ4n) is 2.14. The van der Waals surface area contributed by atoms with E-state index >= 15 is 0 Å². The average molecular weight is 226 g/mol. The Labute approximate surface area is 99.9 Å². The molecule has 0 spiro atoms. The summed E-state index contributed by atoms with van der Waals surface area (Å²) in [6.07, 6.45) is 6.02. The minimum atomic E-state index is 0.372. The van der Waals surface area contributed by atoms with Gasteiger partial charge in [0.2, 0.25) is 5.95 Å². The zero-order valence-corrected chi connectivity index (χ0v) is 9.72. The molecular weight excluding hydrogens is 212 g/mol. The summed E-state index contributed by atoms with van der Waals surface area (Å²) in [7, 11) is 0. The number of hydrogen-bond acceptors (Lipinski definition) is 4. The Hall–Kier alpha value is -1.97. The molecule has 2 N–H and O–H groups in total. The van der Waals surface area contributed by atoms with Crippen LogP contribution in [-0.2, 0) is 0 Å². The highest BCUT2D eigenvalue weighted by Gasteiger charge is 2.29. The minimum absolute atomic E-state index is 0.372. The van der Waals surface area contributed by atoms with E-state index in [-0.39, 0.29) is 0 Å². The number of aromatic nitrogens is 3. The van der Waals surface area contributed by atoms with Crippen LogP contribution in [0.15, 0.2) is 24.5 Å². The lowest BCUT2D eigenvalue weighted by molar-refractivity contribution is 0.981. The van der Waals surface area contributed by atoms with Gasteiger partial charge in [0.15, 0.2) is 0 Å². The number of pyridine rings is 1. The van der Waals surface area contributed by atoms with Crippen molar-refractivity contribution >= 4 is 5.95 Å². The number of rotatable bonds is 2. The van der Waals surface area contributed by atoms with Crippen LogP contribution in [0.25, 0.3) is 11.1 Å². The molecule has 0 atom stereocenters. The molecule has 1 saturated carbocycles. The fourth-order valence-corrected chi connectivity index (χ4v) is 2.14. The van der Waals surface area contributed by atoms with Crippen LogP contribution < -0.4 is 5.73 Å². The Bertz CT molecular complexity index is 547. The SMILES string of the molecule is Cc1nc(N)nc(C2CC2)c1-c1cccnc1. The molecule has 0 saturated heterocycles. The summed E-state index contributed by atoms with van der Waals surface area (Å²) in [6.45, 7) is 1.98. The first kappa shape index (κ1) is 10.2. The molecule has 2 heterocycles. The first-order valence-corrected chi connectivity index (χ1v) is 5.80. The number of aryl methyl sites for hydroxylation is 1. The molecule has 1 aliphatic rings. The molecule has 1 fully saturated rings. The molecule has 4 heteroatoms. The predicted molar refractivity (Wildman–Crippen MR) is 66.4 cm³/mol. The first-order valence-electron chi connectivity index (χ1n) is 5.80. The smallest absolute Gasteiger partial charge is 0.220 e. The van der Waals surface area contributed by atoms with Gasteiger partial charge in [-0.3, -0.25) is 4.98 Å². The maximum atomic E-state index is 5.73. The standard InChI is InChI=1S/C13H14N4/c1-8-11(10-3-2-6-15-7-10)12(9-4-5-9)17-13(14)16-8/h2-3,6-7,9H,4-5H2,1H3,(H2,14,16,17). The van der Waals surface area contributed by atoms with E-state index in [4.69, 9.17) is 5.73 Å². The first-order chi connectivity index (χ1) is 8.25. The second-order valence-electron chi connectivity index (χ2n) is 4.44. The lowest BCUT2D eigenvalue weighted by Gasteiger charge is -2.11. The number of nitrogens with zero attached hydrogens (tertiary/aromatic N) is 3. The fraction of sp³-hybridized carbons (Fsp3) is 0.308. The van der Waals surface area contributed by atoms with Gasteiger partial charge in [0.25, 0.3) is 0 Å². The summed E-state index contributed by atoms with van der Waals surface area (Å²) in [5.74, 6) is 0.922. The largest absolute Gasteiger partial charge is 0.368 e. The van der Waals surface area contributed by atoms with Gasteiger partial charge in [-0.15, -0.1) is 0 Å². The zero-order chi connectivity index (χ0) is 11.8. The topological polar surface area (TPSA) is 64.7 Å². The highest BCUT2D eigenvalue weighted by molar-refractivity contribution is 5.69. The lowest BCUT2D eigenvalue weighted by atomic mass is 10.0. The summed E-state index contributed by atoms with van der Waals surface area (Å²) in [5, 5.41) is 0. The Balaban J connectivity index is 2.21. The molecule has 0 aliphatic heterocycles. The Morgan fingerprint density at radius 3 is 2.76 bits per heavy atom. The van der Waals surface area contributed by atoms with Gasteiger partial charge in [0, 0.05) is 29.4 Å². The van der Waals surface area contributed by atoms with Crippen molar-refractivity contribution in [1.29, 1.82) is 0 Å². The molecule has 17 heavy (non-hydrogen) atoms. The number of hydrogen-bond donors (Lipinski definition) is 1. The van der Waals surface area contributed by atoms with Crippen LogP contribution in [0.2, 0.25) is 0 Å². The monoisotopic (exact) mass is 226 g/mol. The molecule has 1 aliphatic carbocycles. The summed E-state index contributed by atoms with van der Waals surface area (Å²) in [5.41, 5.74) is 9.94. The van der Waals surface area contributed by atoms with Crippen molar-refractivity contribution in [2.75, 3.05) is 5.73 Å². The van der Waals surface area contributed by atoms with E-state index in [1.54, 1.807) is 6.20 Å². The lowest BCUT2D eigenvalue weighted by Crippen LogP contribution is -2.04. The molecule has 0 amide bonds. The third-order valence-corrected chi connectivity index (χ3v) is 3.05. The predicted octanol–water partition coefficient (Wildman–Crippen LogP) is 2.31. The molecule has 3 rings (SSSR count). The van der Waals surface area contributed by atoms with Gasteiger partial charge in [0.1, 0.15) is 0 Å². The summed E-state index contributed by atoms with van der Waals surface area (Å²) < 4.78 is 0. The van der Waals surface area contributed by atoms with E-state index in [0.29, 0.717) is 11.9 Å². The highest BCUT2D eigenvalue weighted by Crippen LogP contribution is 2.44. The Morgan fingerprint density at radius 2 is 2.12 bits per heavy atom. The van der Waals surface area contributed by atoms with Gasteiger partial charge in [-0.1, -0.05) is 6.07 Å². The van der Waals surface area contributed by atoms with Gasteiger partial charge in [-0.05, 0) is 25.8 Å². The van der Waals surface area contributed by atoms with Gasteiger partial charge in [-0.25, -0.2) is 9.97 Å². The third kappa shape index (κ3) is 1.86. The van der Waals surface area contributed by atoms with Gasteiger partial charge in [0.05, 0.1) is 11.4 Å². The third-order valence-electron chi connectivity index (χ3n) is 3.05. The van der Waals surface area contributed by atoms with Crippen molar-refractivity contribution < 1.29 is 0 Å². The van der Waals surface area contributed by atoms with E-state index in [2.05, 4.69) is 15.0 Å². The normalized spacial score (nSPS) is 14.9. The minimum Gasteiger partial charge on any atom is -0.368 e. The van der Waals surface area contributed by atoms with Crippen molar-refractivity contribution in [3.05, 3.63) is 35.9 Å². The summed E-state index contributed by atoms with van der Waals surface area (Å²) in [4.78, 5) is 12.8. The van der Waals surface area contributed by atoms with Crippen molar-refractivity contribution in [3.8, 4) is 11.1 Å². The molecule has 2 aromatic heterocycles. The molecule has 2 aromatic rings. The van der Waals surface area contributed by atoms with E-state index in [1.807, 2.05) is 25.3 Å². The van der Waals surface area contributed by atoms with Crippen LogP contribution in [0, 0.1) is 6.92 Å². The molecular formula is C13H14N4. The van der Waals surface area contributed by atoms with Gasteiger partial charge < -0.3 is 5.73 Å². The van der Waals surface area contributed by atoms with Gasteiger partial charge >= 0.3 is 0 Å². The average Bonchev–Trinajstić information content (AvgIpc) is 3.13. The van der Waals surface area contributed by atoms with E-state index in [1.165, 1.54) is 12.8 Å².